The van der Waals surface area contributed by atoms with Gasteiger partial charge in [-0.15, -0.1) is 0 Å². The summed E-state index contributed by atoms with van der Waals surface area (Å²) in [6, 6.07) is 6.99. The lowest BCUT2D eigenvalue weighted by Crippen LogP contribution is -1.92. The fourth-order valence-corrected chi connectivity index (χ4v) is 0.720. The van der Waals surface area contributed by atoms with Crippen LogP contribution in [-0.2, 0) is 0 Å². The van der Waals surface area contributed by atoms with E-state index in [4.69, 9.17) is 16.3 Å². The number of benzene rings is 1. The quantitative estimate of drug-likeness (QED) is 0.644. The van der Waals surface area contributed by atoms with E-state index in [1.807, 2.05) is 0 Å². The van der Waals surface area contributed by atoms with Crippen molar-refractivity contribution < 1.29 is 9.13 Å². The summed E-state index contributed by atoms with van der Waals surface area (Å²) in [5, 5.41) is 0. The van der Waals surface area contributed by atoms with Crippen LogP contribution < -0.4 is 4.74 Å². The van der Waals surface area contributed by atoms with Gasteiger partial charge in [-0.25, -0.2) is 4.39 Å². The van der Waals surface area contributed by atoms with E-state index in [-0.39, 0.29) is 5.75 Å². The first-order chi connectivity index (χ1) is 5.74. The molecule has 1 nitrogen and oxygen atoms in total. The van der Waals surface area contributed by atoms with E-state index in [9.17, 15) is 4.39 Å². The second kappa shape index (κ2) is 4.12. The minimum Gasteiger partial charge on any atom is -0.458 e. The van der Waals surface area contributed by atoms with Crippen molar-refractivity contribution >= 4 is 11.6 Å². The van der Waals surface area contributed by atoms with Crippen LogP contribution in [0.5, 0.6) is 5.75 Å². The van der Waals surface area contributed by atoms with Gasteiger partial charge >= 0.3 is 0 Å². The molecule has 0 aliphatic rings. The largest absolute Gasteiger partial charge is 0.458 e. The molecule has 1 aromatic rings. The second-order valence-electron chi connectivity index (χ2n) is 2.17. The van der Waals surface area contributed by atoms with Crippen molar-refractivity contribution in [2.45, 2.75) is 6.92 Å². The van der Waals surface area contributed by atoms with Gasteiger partial charge in [-0.1, -0.05) is 23.7 Å². The number of halogens is 2. The summed E-state index contributed by atoms with van der Waals surface area (Å²) in [5.74, 6) is 0.0532. The smallest absolute Gasteiger partial charge is 0.173 e. The van der Waals surface area contributed by atoms with E-state index in [0.717, 1.165) is 0 Å². The first kappa shape index (κ1) is 9.07. The Morgan fingerprint density at radius 1 is 1.75 bits per heavy atom. The molecule has 1 aromatic carbocycles. The van der Waals surface area contributed by atoms with Crippen molar-refractivity contribution in [1.82, 2.24) is 0 Å². The molecule has 0 aliphatic heterocycles. The zero-order valence-corrected chi connectivity index (χ0v) is 7.23. The van der Waals surface area contributed by atoms with E-state index in [1.54, 1.807) is 13.0 Å². The molecule has 0 atom stereocenters. The zero-order chi connectivity index (χ0) is 8.97. The fraction of sp³-hybridized carbons (Fsp3) is 0.111. The molecule has 0 amide bonds. The van der Waals surface area contributed by atoms with Gasteiger partial charge in [0.1, 0.15) is 5.76 Å². The predicted molar refractivity (Wildman–Crippen MR) is 45.5 cm³/mol. The van der Waals surface area contributed by atoms with Crippen molar-refractivity contribution in [3.05, 3.63) is 41.4 Å². The summed E-state index contributed by atoms with van der Waals surface area (Å²) in [6.07, 6.45) is 0. The highest BCUT2D eigenvalue weighted by Gasteiger charge is 2.01. The summed E-state index contributed by atoms with van der Waals surface area (Å²) in [7, 11) is 0. The van der Waals surface area contributed by atoms with Crippen molar-refractivity contribution in [2.75, 3.05) is 0 Å². The lowest BCUT2D eigenvalue weighted by atomic mass is 10.3. The molecule has 0 saturated heterocycles. The molecular formula is C9H7ClFO. The van der Waals surface area contributed by atoms with Crippen LogP contribution in [0, 0.1) is 11.9 Å². The molecular weight excluding hydrogens is 179 g/mol. The minimum atomic E-state index is -0.518. The summed E-state index contributed by atoms with van der Waals surface area (Å²) in [5.41, 5.74) is 1.24. The molecule has 0 spiro atoms. The maximum Gasteiger partial charge on any atom is 0.173 e. The third-order valence-corrected chi connectivity index (χ3v) is 1.50. The van der Waals surface area contributed by atoms with Gasteiger partial charge in [0.2, 0.25) is 0 Å². The summed E-state index contributed by atoms with van der Waals surface area (Å²) < 4.78 is 17.9. The molecule has 0 heterocycles. The molecule has 0 aromatic heterocycles. The summed E-state index contributed by atoms with van der Waals surface area (Å²) in [6.45, 7) is 1.64. The number of hydrogen-bond donors (Lipinski definition) is 0. The second-order valence-corrected chi connectivity index (χ2v) is 2.39. The Balaban J connectivity index is 2.82. The van der Waals surface area contributed by atoms with Crippen LogP contribution in [0.2, 0.25) is 0 Å². The van der Waals surface area contributed by atoms with Crippen LogP contribution in [0.25, 0.3) is 0 Å². The van der Waals surface area contributed by atoms with Gasteiger partial charge in [0, 0.05) is 11.6 Å². The van der Waals surface area contributed by atoms with Crippen LogP contribution >= 0.6 is 11.6 Å². The molecule has 0 N–H and O–H groups in total. The van der Waals surface area contributed by atoms with Crippen molar-refractivity contribution in [3.8, 4) is 5.75 Å². The number of hydrogen-bond acceptors (Lipinski definition) is 1. The third kappa shape index (κ3) is 2.24. The maximum absolute atomic E-state index is 12.8. The van der Waals surface area contributed by atoms with Gasteiger partial charge in [0.25, 0.3) is 0 Å². The van der Waals surface area contributed by atoms with Gasteiger partial charge < -0.3 is 4.74 Å². The van der Waals surface area contributed by atoms with E-state index in [2.05, 4.69) is 6.07 Å². The third-order valence-electron chi connectivity index (χ3n) is 1.19. The standard InChI is InChI=1S/C9H7ClFO/c1-7(6-10)12-9-5-3-2-4-8(9)11/h2-3,5-6H,1H3. The zero-order valence-electron chi connectivity index (χ0n) is 6.47. The SMILES string of the molecule is CC(=CCl)Oc1ccc[c]c1F. The number of rotatable bonds is 2. The van der Waals surface area contributed by atoms with Gasteiger partial charge in [0.05, 0.1) is 0 Å². The van der Waals surface area contributed by atoms with Gasteiger partial charge in [0.15, 0.2) is 11.6 Å². The monoisotopic (exact) mass is 185 g/mol. The molecule has 0 bridgehead atoms. The normalized spacial score (nSPS) is 11.4. The lowest BCUT2D eigenvalue weighted by Gasteiger charge is -2.04. The molecule has 0 unspecified atom stereocenters. The Labute approximate surface area is 75.4 Å². The highest BCUT2D eigenvalue weighted by atomic mass is 35.5. The van der Waals surface area contributed by atoms with Crippen LogP contribution in [0.3, 0.4) is 0 Å². The van der Waals surface area contributed by atoms with Crippen molar-refractivity contribution in [3.63, 3.8) is 0 Å². The van der Waals surface area contributed by atoms with Gasteiger partial charge in [-0.2, -0.15) is 0 Å². The Morgan fingerprint density at radius 3 is 3.08 bits per heavy atom. The molecule has 1 rings (SSSR count). The first-order valence-corrected chi connectivity index (χ1v) is 3.78. The van der Waals surface area contributed by atoms with Gasteiger partial charge in [-0.05, 0) is 13.0 Å². The average molecular weight is 186 g/mol. The maximum atomic E-state index is 12.8. The molecule has 12 heavy (non-hydrogen) atoms. The molecule has 3 heteroatoms. The minimum absolute atomic E-state index is 0.131. The lowest BCUT2D eigenvalue weighted by molar-refractivity contribution is 0.399. The molecule has 1 radical (unpaired) electrons. The number of allylic oxidation sites excluding steroid dienone is 1. The van der Waals surface area contributed by atoms with Crippen LogP contribution in [0.1, 0.15) is 6.92 Å². The van der Waals surface area contributed by atoms with E-state index < -0.39 is 5.82 Å². The van der Waals surface area contributed by atoms with Crippen molar-refractivity contribution in [2.24, 2.45) is 0 Å². The van der Waals surface area contributed by atoms with Crippen LogP contribution in [0.4, 0.5) is 4.39 Å². The van der Waals surface area contributed by atoms with Crippen molar-refractivity contribution in [1.29, 1.82) is 0 Å². The number of ether oxygens (including phenoxy) is 1. The fourth-order valence-electron chi connectivity index (χ4n) is 0.676. The highest BCUT2D eigenvalue weighted by Crippen LogP contribution is 2.17. The Bertz CT molecular complexity index is 296. The highest BCUT2D eigenvalue weighted by molar-refractivity contribution is 6.25. The Hall–Kier alpha value is -1.02. The first-order valence-electron chi connectivity index (χ1n) is 3.35. The molecule has 0 aliphatic carbocycles. The summed E-state index contributed by atoms with van der Waals surface area (Å²) >= 11 is 5.33. The molecule has 0 saturated carbocycles. The predicted octanol–water partition coefficient (Wildman–Crippen LogP) is 3.10. The Kier molecular flexibility index (Phi) is 3.11. The summed E-state index contributed by atoms with van der Waals surface area (Å²) in [4.78, 5) is 0. The molecule has 63 valence electrons. The van der Waals surface area contributed by atoms with E-state index >= 15 is 0 Å². The van der Waals surface area contributed by atoms with E-state index in [0.29, 0.717) is 5.76 Å². The molecule has 0 fully saturated rings. The Morgan fingerprint density at radius 2 is 2.50 bits per heavy atom. The van der Waals surface area contributed by atoms with Gasteiger partial charge in [-0.3, -0.25) is 0 Å². The average Bonchev–Trinajstić information content (AvgIpc) is 2.09. The topological polar surface area (TPSA) is 9.23 Å². The van der Waals surface area contributed by atoms with E-state index in [1.165, 1.54) is 17.7 Å². The van der Waals surface area contributed by atoms with Crippen LogP contribution in [-0.4, -0.2) is 0 Å². The van der Waals surface area contributed by atoms with Crippen LogP contribution in [0.15, 0.2) is 29.5 Å².